The first-order valence-corrected chi connectivity index (χ1v) is 7.70. The average Bonchev–Trinajstić information content (AvgIpc) is 2.57. The van der Waals surface area contributed by atoms with Gasteiger partial charge in [-0.1, -0.05) is 6.07 Å². The van der Waals surface area contributed by atoms with E-state index in [-0.39, 0.29) is 11.1 Å². The Balaban J connectivity index is 1.92. The summed E-state index contributed by atoms with van der Waals surface area (Å²) in [5, 5.41) is 3.50. The zero-order valence-corrected chi connectivity index (χ0v) is 13.9. The van der Waals surface area contributed by atoms with Crippen LogP contribution in [0.15, 0.2) is 47.3 Å². The lowest BCUT2D eigenvalue weighted by Gasteiger charge is -2.10. The summed E-state index contributed by atoms with van der Waals surface area (Å²) in [4.78, 5) is 26.6. The Morgan fingerprint density at radius 2 is 2.00 bits per heavy atom. The molecule has 3 rings (SSSR count). The van der Waals surface area contributed by atoms with Crippen LogP contribution in [0, 0.1) is 12.7 Å². The largest absolute Gasteiger partial charge is 0.380 e. The predicted molar refractivity (Wildman–Crippen MR) is 94.4 cm³/mol. The lowest BCUT2D eigenvalue weighted by Crippen LogP contribution is -2.14. The molecule has 0 saturated carbocycles. The van der Waals surface area contributed by atoms with Gasteiger partial charge in [0.1, 0.15) is 5.82 Å². The SMILES string of the molecule is COCc1ccc(F)c(C(=O)Nc2ccc3[nH]c(=O)cc(C)c3c2)c1. The fourth-order valence-electron chi connectivity index (χ4n) is 2.70. The van der Waals surface area contributed by atoms with E-state index in [1.165, 1.54) is 25.3 Å². The number of nitrogens with one attached hydrogen (secondary N) is 2. The summed E-state index contributed by atoms with van der Waals surface area (Å²) in [6.45, 7) is 2.11. The molecular formula is C19H17FN2O3. The lowest BCUT2D eigenvalue weighted by atomic mass is 10.1. The van der Waals surface area contributed by atoms with Gasteiger partial charge in [0.05, 0.1) is 12.2 Å². The van der Waals surface area contributed by atoms with Gasteiger partial charge in [0.25, 0.3) is 5.91 Å². The van der Waals surface area contributed by atoms with Gasteiger partial charge in [-0.3, -0.25) is 9.59 Å². The van der Waals surface area contributed by atoms with Crippen LogP contribution in [-0.4, -0.2) is 18.0 Å². The summed E-state index contributed by atoms with van der Waals surface area (Å²) in [6.07, 6.45) is 0. The van der Waals surface area contributed by atoms with Crippen LogP contribution < -0.4 is 10.9 Å². The summed E-state index contributed by atoms with van der Waals surface area (Å²) in [5.41, 5.74) is 2.47. The molecule has 6 heteroatoms. The number of carbonyl (C=O) groups is 1. The molecule has 0 atom stereocenters. The zero-order valence-electron chi connectivity index (χ0n) is 13.9. The Kier molecular flexibility index (Phi) is 4.63. The van der Waals surface area contributed by atoms with E-state index in [2.05, 4.69) is 10.3 Å². The number of hydrogen-bond donors (Lipinski definition) is 2. The number of fused-ring (bicyclic) bond motifs is 1. The number of pyridine rings is 1. The van der Waals surface area contributed by atoms with Gasteiger partial charge in [-0.05, 0) is 48.4 Å². The van der Waals surface area contributed by atoms with Gasteiger partial charge in [0.2, 0.25) is 5.56 Å². The number of rotatable bonds is 4. The molecule has 5 nitrogen and oxygen atoms in total. The third kappa shape index (κ3) is 3.59. The van der Waals surface area contributed by atoms with Crippen molar-refractivity contribution in [3.8, 4) is 0 Å². The predicted octanol–water partition coefficient (Wildman–Crippen LogP) is 3.37. The molecule has 128 valence electrons. The van der Waals surface area contributed by atoms with Gasteiger partial charge in [0.15, 0.2) is 0 Å². The second-order valence-electron chi connectivity index (χ2n) is 5.78. The lowest BCUT2D eigenvalue weighted by molar-refractivity contribution is 0.102. The number of amides is 1. The molecule has 1 heterocycles. The minimum absolute atomic E-state index is 0.0483. The second-order valence-corrected chi connectivity index (χ2v) is 5.78. The number of aromatic nitrogens is 1. The second kappa shape index (κ2) is 6.86. The van der Waals surface area contributed by atoms with E-state index in [4.69, 9.17) is 4.74 Å². The molecule has 0 aliphatic heterocycles. The van der Waals surface area contributed by atoms with Crippen LogP contribution in [0.4, 0.5) is 10.1 Å². The number of aromatic amines is 1. The minimum Gasteiger partial charge on any atom is -0.380 e. The fourth-order valence-corrected chi connectivity index (χ4v) is 2.70. The Morgan fingerprint density at radius 1 is 1.20 bits per heavy atom. The van der Waals surface area contributed by atoms with Crippen molar-refractivity contribution in [2.75, 3.05) is 12.4 Å². The van der Waals surface area contributed by atoms with Gasteiger partial charge in [-0.2, -0.15) is 0 Å². The van der Waals surface area contributed by atoms with Crippen LogP contribution in [0.5, 0.6) is 0 Å². The average molecular weight is 340 g/mol. The number of aryl methyl sites for hydroxylation is 1. The maximum Gasteiger partial charge on any atom is 0.258 e. The van der Waals surface area contributed by atoms with E-state index in [1.54, 1.807) is 24.3 Å². The number of anilines is 1. The molecular weight excluding hydrogens is 323 g/mol. The monoisotopic (exact) mass is 340 g/mol. The summed E-state index contributed by atoms with van der Waals surface area (Å²) in [6, 6.07) is 10.9. The van der Waals surface area contributed by atoms with Crippen molar-refractivity contribution in [3.63, 3.8) is 0 Å². The Bertz CT molecular complexity index is 1010. The molecule has 1 aromatic heterocycles. The third-order valence-corrected chi connectivity index (χ3v) is 3.89. The Hall–Kier alpha value is -2.99. The van der Waals surface area contributed by atoms with Gasteiger partial charge >= 0.3 is 0 Å². The summed E-state index contributed by atoms with van der Waals surface area (Å²) >= 11 is 0. The molecule has 25 heavy (non-hydrogen) atoms. The Morgan fingerprint density at radius 3 is 2.76 bits per heavy atom. The molecule has 2 N–H and O–H groups in total. The van der Waals surface area contributed by atoms with E-state index < -0.39 is 11.7 Å². The summed E-state index contributed by atoms with van der Waals surface area (Å²) < 4.78 is 19.0. The molecule has 3 aromatic rings. The van der Waals surface area contributed by atoms with E-state index >= 15 is 0 Å². The Labute approximate surface area is 143 Å². The highest BCUT2D eigenvalue weighted by molar-refractivity contribution is 6.05. The number of H-pyrrole nitrogens is 1. The maximum absolute atomic E-state index is 14.0. The molecule has 0 radical (unpaired) electrons. The van der Waals surface area contributed by atoms with Crippen LogP contribution >= 0.6 is 0 Å². The summed E-state index contributed by atoms with van der Waals surface area (Å²) in [5.74, 6) is -1.14. The highest BCUT2D eigenvalue weighted by atomic mass is 19.1. The molecule has 0 spiro atoms. The van der Waals surface area contributed by atoms with E-state index in [0.29, 0.717) is 23.4 Å². The van der Waals surface area contributed by atoms with Crippen molar-refractivity contribution in [1.82, 2.24) is 4.98 Å². The van der Waals surface area contributed by atoms with Crippen LogP contribution in [0.1, 0.15) is 21.5 Å². The van der Waals surface area contributed by atoms with Crippen molar-refractivity contribution >= 4 is 22.5 Å². The van der Waals surface area contributed by atoms with Crippen LogP contribution in [0.2, 0.25) is 0 Å². The fraction of sp³-hybridized carbons (Fsp3) is 0.158. The molecule has 0 aliphatic carbocycles. The first-order chi connectivity index (χ1) is 12.0. The molecule has 0 saturated heterocycles. The van der Waals surface area contributed by atoms with Gasteiger partial charge in [-0.15, -0.1) is 0 Å². The van der Waals surface area contributed by atoms with Crippen molar-refractivity contribution in [3.05, 3.63) is 75.3 Å². The minimum atomic E-state index is -0.598. The van der Waals surface area contributed by atoms with Gasteiger partial charge < -0.3 is 15.0 Å². The highest BCUT2D eigenvalue weighted by Gasteiger charge is 2.13. The number of benzene rings is 2. The normalized spacial score (nSPS) is 10.8. The molecule has 0 fully saturated rings. The van der Waals surface area contributed by atoms with Crippen molar-refractivity contribution in [2.24, 2.45) is 0 Å². The van der Waals surface area contributed by atoms with E-state index in [9.17, 15) is 14.0 Å². The van der Waals surface area contributed by atoms with Crippen LogP contribution in [-0.2, 0) is 11.3 Å². The molecule has 2 aromatic carbocycles. The van der Waals surface area contributed by atoms with Crippen LogP contribution in [0.3, 0.4) is 0 Å². The third-order valence-electron chi connectivity index (χ3n) is 3.89. The quantitative estimate of drug-likeness (QED) is 0.765. The highest BCUT2D eigenvalue weighted by Crippen LogP contribution is 2.21. The standard InChI is InChI=1S/C19H17FN2O3/c1-11-7-18(23)22-17-6-4-13(9-14(11)17)21-19(24)15-8-12(10-25-2)3-5-16(15)20/h3-9H,10H2,1-2H3,(H,21,24)(H,22,23). The molecule has 0 unspecified atom stereocenters. The smallest absolute Gasteiger partial charge is 0.258 e. The maximum atomic E-state index is 14.0. The van der Waals surface area contributed by atoms with Crippen molar-refractivity contribution in [1.29, 1.82) is 0 Å². The van der Waals surface area contributed by atoms with Crippen molar-refractivity contribution < 1.29 is 13.9 Å². The van der Waals surface area contributed by atoms with Crippen LogP contribution in [0.25, 0.3) is 10.9 Å². The molecule has 0 aliphatic rings. The summed E-state index contributed by atoms with van der Waals surface area (Å²) in [7, 11) is 1.53. The number of halogens is 1. The molecule has 1 amide bonds. The number of ether oxygens (including phenoxy) is 1. The number of methoxy groups -OCH3 is 1. The van der Waals surface area contributed by atoms with E-state index in [0.717, 1.165) is 10.9 Å². The molecule has 0 bridgehead atoms. The first kappa shape index (κ1) is 16.9. The van der Waals surface area contributed by atoms with Gasteiger partial charge in [0, 0.05) is 29.8 Å². The van der Waals surface area contributed by atoms with Crippen molar-refractivity contribution in [2.45, 2.75) is 13.5 Å². The van der Waals surface area contributed by atoms with Gasteiger partial charge in [-0.25, -0.2) is 4.39 Å². The first-order valence-electron chi connectivity index (χ1n) is 7.70. The number of hydrogen-bond acceptors (Lipinski definition) is 3. The van der Waals surface area contributed by atoms with E-state index in [1.807, 2.05) is 6.92 Å². The topological polar surface area (TPSA) is 71.2 Å². The number of carbonyl (C=O) groups excluding carboxylic acids is 1. The zero-order chi connectivity index (χ0) is 18.0.